The lowest BCUT2D eigenvalue weighted by atomic mass is 9.47. The van der Waals surface area contributed by atoms with Crippen LogP contribution < -0.4 is 0 Å². The fraction of sp³-hybridized carbons (Fsp3) is 0.400. The Labute approximate surface area is 199 Å². The Morgan fingerprint density at radius 3 is 2.38 bits per heavy atom. The van der Waals surface area contributed by atoms with Gasteiger partial charge in [-0.25, -0.2) is 0 Å². The molecule has 0 atom stereocenters. The highest BCUT2D eigenvalue weighted by molar-refractivity contribution is 9.10. The van der Waals surface area contributed by atoms with Crippen LogP contribution in [0.25, 0.3) is 10.9 Å². The number of carboxylic acid groups (broad SMARTS) is 1. The molecule has 0 bridgehead atoms. The molecule has 0 radical (unpaired) electrons. The van der Waals surface area contributed by atoms with Crippen LogP contribution in [-0.4, -0.2) is 26.6 Å². The summed E-state index contributed by atoms with van der Waals surface area (Å²) in [5.41, 5.74) is 2.87. The summed E-state index contributed by atoms with van der Waals surface area (Å²) in [5.74, 6) is 0.114. The maximum absolute atomic E-state index is 13.3. The Morgan fingerprint density at radius 2 is 1.72 bits per heavy atom. The quantitative estimate of drug-likeness (QED) is 0.372. The second-order valence-corrected chi connectivity index (χ2v) is 10.9. The zero-order valence-corrected chi connectivity index (χ0v) is 19.9. The number of halogens is 2. The summed E-state index contributed by atoms with van der Waals surface area (Å²) in [6.07, 6.45) is 6.59. The maximum atomic E-state index is 13.3. The van der Waals surface area contributed by atoms with Gasteiger partial charge >= 0.3 is 5.97 Å². The van der Waals surface area contributed by atoms with Gasteiger partial charge in [0.05, 0.1) is 23.3 Å². The van der Waals surface area contributed by atoms with Crippen molar-refractivity contribution in [3.8, 4) is 0 Å². The molecule has 0 amide bonds. The summed E-state index contributed by atoms with van der Waals surface area (Å²) in [5, 5.41) is 14.9. The SMILES string of the molecule is O=C(O)CC1CC2(C1)CC(CC(=O)c1ccc(Cl)c3cnn(Cc4ccc(Br)cc4)c13)C2. The number of carbonyl (C=O) groups is 2. The summed E-state index contributed by atoms with van der Waals surface area (Å²) in [6.45, 7) is 0.564. The highest BCUT2D eigenvalue weighted by Crippen LogP contribution is 2.62. The number of Topliss-reactive ketones (excluding diaryl/α,β-unsaturated/α-hetero) is 1. The lowest BCUT2D eigenvalue weighted by Crippen LogP contribution is -2.48. The molecule has 7 heteroatoms. The van der Waals surface area contributed by atoms with Gasteiger partial charge < -0.3 is 5.11 Å². The minimum Gasteiger partial charge on any atom is -0.481 e. The maximum Gasteiger partial charge on any atom is 0.303 e. The van der Waals surface area contributed by atoms with Crippen LogP contribution in [0.5, 0.6) is 0 Å². The monoisotopic (exact) mass is 514 g/mol. The number of benzene rings is 2. The molecule has 2 aliphatic carbocycles. The highest BCUT2D eigenvalue weighted by atomic mass is 79.9. The number of aliphatic carboxylic acids is 1. The van der Waals surface area contributed by atoms with E-state index in [1.54, 1.807) is 12.3 Å². The smallest absolute Gasteiger partial charge is 0.303 e. The molecule has 2 saturated carbocycles. The van der Waals surface area contributed by atoms with Gasteiger partial charge in [-0.15, -0.1) is 0 Å². The van der Waals surface area contributed by atoms with Crippen molar-refractivity contribution in [1.29, 1.82) is 0 Å². The fourth-order valence-corrected chi connectivity index (χ4v) is 6.31. The number of rotatable bonds is 7. The zero-order chi connectivity index (χ0) is 22.5. The van der Waals surface area contributed by atoms with Crippen LogP contribution >= 0.6 is 27.5 Å². The summed E-state index contributed by atoms with van der Waals surface area (Å²) in [7, 11) is 0. The van der Waals surface area contributed by atoms with Crippen molar-refractivity contribution >= 4 is 50.2 Å². The van der Waals surface area contributed by atoms with E-state index in [0.29, 0.717) is 40.8 Å². The molecule has 3 aromatic rings. The normalized spacial score (nSPS) is 24.3. The topological polar surface area (TPSA) is 72.2 Å². The van der Waals surface area contributed by atoms with Crippen LogP contribution in [0.3, 0.4) is 0 Å². The van der Waals surface area contributed by atoms with E-state index in [0.717, 1.165) is 46.6 Å². The minimum atomic E-state index is -0.706. The Morgan fingerprint density at radius 1 is 1.06 bits per heavy atom. The zero-order valence-electron chi connectivity index (χ0n) is 17.6. The molecule has 1 spiro atoms. The van der Waals surface area contributed by atoms with Gasteiger partial charge in [-0.05, 0) is 72.8 Å². The second-order valence-electron chi connectivity index (χ2n) is 9.56. The Balaban J connectivity index is 1.30. The Kier molecular flexibility index (Phi) is 5.62. The van der Waals surface area contributed by atoms with Gasteiger partial charge in [0.25, 0.3) is 0 Å². The molecule has 1 N–H and O–H groups in total. The van der Waals surface area contributed by atoms with Crippen LogP contribution in [-0.2, 0) is 11.3 Å². The van der Waals surface area contributed by atoms with E-state index in [9.17, 15) is 9.59 Å². The molecule has 0 aliphatic heterocycles. The van der Waals surface area contributed by atoms with Gasteiger partial charge in [0.2, 0.25) is 0 Å². The van der Waals surface area contributed by atoms with Gasteiger partial charge in [-0.3, -0.25) is 14.3 Å². The number of fused-ring (bicyclic) bond motifs is 1. The summed E-state index contributed by atoms with van der Waals surface area (Å²) in [6, 6.07) is 11.7. The van der Waals surface area contributed by atoms with Gasteiger partial charge in [0.1, 0.15) is 0 Å². The van der Waals surface area contributed by atoms with Gasteiger partial charge in [0.15, 0.2) is 5.78 Å². The first-order valence-corrected chi connectivity index (χ1v) is 12.1. The van der Waals surface area contributed by atoms with E-state index in [2.05, 4.69) is 21.0 Å². The van der Waals surface area contributed by atoms with Gasteiger partial charge in [-0.2, -0.15) is 5.10 Å². The van der Waals surface area contributed by atoms with E-state index in [4.69, 9.17) is 16.7 Å². The van der Waals surface area contributed by atoms with Crippen LogP contribution in [0.15, 0.2) is 47.1 Å². The predicted molar refractivity (Wildman–Crippen MR) is 127 cm³/mol. The Bertz CT molecular complexity index is 1190. The highest BCUT2D eigenvalue weighted by Gasteiger charge is 2.53. The molecular formula is C25H24BrClN2O3. The van der Waals surface area contributed by atoms with Crippen molar-refractivity contribution < 1.29 is 14.7 Å². The van der Waals surface area contributed by atoms with Gasteiger partial charge in [0, 0.05) is 28.3 Å². The molecule has 2 aromatic carbocycles. The van der Waals surface area contributed by atoms with E-state index < -0.39 is 5.97 Å². The van der Waals surface area contributed by atoms with Crippen molar-refractivity contribution in [1.82, 2.24) is 9.78 Å². The summed E-state index contributed by atoms with van der Waals surface area (Å²) < 4.78 is 2.88. The third kappa shape index (κ3) is 4.11. The van der Waals surface area contributed by atoms with E-state index >= 15 is 0 Å². The molecule has 5 nitrogen and oxygen atoms in total. The minimum absolute atomic E-state index is 0.130. The van der Waals surface area contributed by atoms with E-state index in [-0.39, 0.29) is 12.2 Å². The lowest BCUT2D eigenvalue weighted by molar-refractivity contribution is -0.142. The molecule has 2 aliphatic rings. The molecule has 5 rings (SSSR count). The molecule has 32 heavy (non-hydrogen) atoms. The summed E-state index contributed by atoms with van der Waals surface area (Å²) >= 11 is 9.87. The van der Waals surface area contributed by atoms with Crippen molar-refractivity contribution in [2.45, 2.75) is 45.1 Å². The largest absolute Gasteiger partial charge is 0.481 e. The number of aromatic nitrogens is 2. The van der Waals surface area contributed by atoms with Crippen LogP contribution in [0.4, 0.5) is 0 Å². The van der Waals surface area contributed by atoms with Gasteiger partial charge in [-0.1, -0.05) is 39.7 Å². The standard InChI is InChI=1S/C25H24BrClN2O3/c26-18-3-1-15(2-4-18)14-29-24-19(5-6-21(27)20(24)13-28-29)22(30)7-16-9-25(10-16)11-17(12-25)8-23(31)32/h1-6,13,16-17H,7-12,14H2,(H,31,32). The number of carboxylic acids is 1. The van der Waals surface area contributed by atoms with Crippen molar-refractivity contribution in [2.75, 3.05) is 0 Å². The molecule has 1 aromatic heterocycles. The number of carbonyl (C=O) groups excluding carboxylic acids is 1. The van der Waals surface area contributed by atoms with Crippen molar-refractivity contribution in [3.63, 3.8) is 0 Å². The van der Waals surface area contributed by atoms with Crippen molar-refractivity contribution in [3.05, 3.63) is 63.2 Å². The first-order chi connectivity index (χ1) is 15.3. The predicted octanol–water partition coefficient (Wildman–Crippen LogP) is 6.35. The number of nitrogens with zero attached hydrogens (tertiary/aromatic N) is 2. The number of hydrogen-bond acceptors (Lipinski definition) is 3. The van der Waals surface area contributed by atoms with Crippen LogP contribution in [0.1, 0.15) is 54.4 Å². The third-order valence-electron chi connectivity index (χ3n) is 7.12. The molecular weight excluding hydrogens is 492 g/mol. The van der Waals surface area contributed by atoms with E-state index in [1.165, 1.54) is 0 Å². The third-order valence-corrected chi connectivity index (χ3v) is 7.98. The van der Waals surface area contributed by atoms with Crippen LogP contribution in [0, 0.1) is 17.3 Å². The average Bonchev–Trinajstić information content (AvgIpc) is 3.11. The van der Waals surface area contributed by atoms with Crippen LogP contribution in [0.2, 0.25) is 5.02 Å². The molecule has 0 saturated heterocycles. The lowest BCUT2D eigenvalue weighted by Gasteiger charge is -2.58. The Hall–Kier alpha value is -2.18. The molecule has 166 valence electrons. The first kappa shape index (κ1) is 21.7. The fourth-order valence-electron chi connectivity index (χ4n) is 5.85. The molecule has 1 heterocycles. The molecule has 2 fully saturated rings. The average molecular weight is 516 g/mol. The van der Waals surface area contributed by atoms with E-state index in [1.807, 2.05) is 35.0 Å². The number of hydrogen-bond donors (Lipinski definition) is 1. The summed E-state index contributed by atoms with van der Waals surface area (Å²) in [4.78, 5) is 24.2. The second kappa shape index (κ2) is 8.31. The first-order valence-electron chi connectivity index (χ1n) is 11.0. The number of ketones is 1. The van der Waals surface area contributed by atoms with Crippen molar-refractivity contribution in [2.24, 2.45) is 17.3 Å². The molecule has 0 unspecified atom stereocenters.